The number of rotatable bonds is 11. The fourth-order valence-electron chi connectivity index (χ4n) is 4.38. The van der Waals surface area contributed by atoms with Crippen LogP contribution in [0, 0.1) is 0 Å². The summed E-state index contributed by atoms with van der Waals surface area (Å²) in [6, 6.07) is 20.9. The highest BCUT2D eigenvalue weighted by atomic mass is 17.2. The highest BCUT2D eigenvalue weighted by Gasteiger charge is 2.22. The Balaban J connectivity index is 1.19. The quantitative estimate of drug-likeness (QED) is 0.0957. The molecule has 0 spiro atoms. The third-order valence-corrected chi connectivity index (χ3v) is 6.48. The van der Waals surface area contributed by atoms with Gasteiger partial charge in [-0.2, -0.15) is 0 Å². The predicted molar refractivity (Wildman–Crippen MR) is 145 cm³/mol. The summed E-state index contributed by atoms with van der Waals surface area (Å²) in [7, 11) is 0. The number of nitrogen functional groups attached to an aromatic ring is 2. The van der Waals surface area contributed by atoms with Crippen molar-refractivity contribution < 1.29 is 19.2 Å². The number of ether oxygens (including phenoxy) is 2. The largest absolute Gasteiger partial charge is 0.455 e. The van der Waals surface area contributed by atoms with Gasteiger partial charge in [-0.3, -0.25) is 9.78 Å². The fourth-order valence-corrected chi connectivity index (χ4v) is 4.38. The van der Waals surface area contributed by atoms with E-state index in [9.17, 15) is 0 Å². The standard InChI is InChI=1S/C30H36N2O4/c1-2-3-19-33-26-13-6-23(7-14-26)24-8-15-28(16-9-24)36-34-20-18-22-4-11-27(12-5-22)35-30-17-10-25(31)21-29(30)32/h4-5,8-12,15-18,20-21,23,26H,2-3,6-7,13-14,19,31-32H2,1H3/b20-18+. The Hall–Kier alpha value is -3.64. The van der Waals surface area contributed by atoms with Crippen LogP contribution in [0.5, 0.6) is 17.2 Å². The van der Waals surface area contributed by atoms with E-state index in [-0.39, 0.29) is 0 Å². The molecule has 0 unspecified atom stereocenters. The maximum Gasteiger partial charge on any atom is 0.178 e. The second-order valence-electron chi connectivity index (χ2n) is 9.22. The van der Waals surface area contributed by atoms with Crippen LogP contribution in [0.4, 0.5) is 11.4 Å². The molecule has 1 aliphatic rings. The van der Waals surface area contributed by atoms with Crippen molar-refractivity contribution in [2.45, 2.75) is 57.5 Å². The Bertz CT molecular complexity index is 1100. The summed E-state index contributed by atoms with van der Waals surface area (Å²) < 4.78 is 11.8. The van der Waals surface area contributed by atoms with E-state index in [1.54, 1.807) is 18.2 Å². The first-order valence-electron chi connectivity index (χ1n) is 12.7. The van der Waals surface area contributed by atoms with E-state index in [1.165, 1.54) is 31.1 Å². The molecule has 0 aromatic heterocycles. The van der Waals surface area contributed by atoms with Gasteiger partial charge in [-0.05, 0) is 97.7 Å². The highest BCUT2D eigenvalue weighted by molar-refractivity contribution is 5.61. The molecule has 190 valence electrons. The van der Waals surface area contributed by atoms with Crippen LogP contribution in [-0.2, 0) is 9.62 Å². The number of anilines is 2. The Labute approximate surface area is 213 Å². The molecule has 6 nitrogen and oxygen atoms in total. The van der Waals surface area contributed by atoms with Crippen molar-refractivity contribution in [2.24, 2.45) is 0 Å². The molecular formula is C30H36N2O4. The van der Waals surface area contributed by atoms with Gasteiger partial charge >= 0.3 is 0 Å². The Morgan fingerprint density at radius 2 is 1.58 bits per heavy atom. The van der Waals surface area contributed by atoms with E-state index in [1.807, 2.05) is 42.5 Å². The number of unbranched alkanes of at least 4 members (excludes halogenated alkanes) is 1. The van der Waals surface area contributed by atoms with Gasteiger partial charge < -0.3 is 20.9 Å². The van der Waals surface area contributed by atoms with Crippen molar-refractivity contribution in [1.29, 1.82) is 0 Å². The lowest BCUT2D eigenvalue weighted by molar-refractivity contribution is -0.148. The topological polar surface area (TPSA) is 89.0 Å². The van der Waals surface area contributed by atoms with Crippen LogP contribution in [-0.4, -0.2) is 12.7 Å². The van der Waals surface area contributed by atoms with Crippen molar-refractivity contribution in [3.8, 4) is 17.2 Å². The second kappa shape index (κ2) is 12.9. The van der Waals surface area contributed by atoms with Gasteiger partial charge in [0.1, 0.15) is 17.8 Å². The van der Waals surface area contributed by atoms with Gasteiger partial charge in [0.25, 0.3) is 0 Å². The average molecular weight is 489 g/mol. The molecule has 1 fully saturated rings. The molecule has 0 atom stereocenters. The van der Waals surface area contributed by atoms with Crippen molar-refractivity contribution in [2.75, 3.05) is 18.1 Å². The molecule has 0 bridgehead atoms. The zero-order valence-electron chi connectivity index (χ0n) is 20.9. The van der Waals surface area contributed by atoms with Gasteiger partial charge in [-0.1, -0.05) is 37.6 Å². The number of benzene rings is 3. The van der Waals surface area contributed by atoms with Crippen LogP contribution in [0.1, 0.15) is 62.5 Å². The molecule has 3 aromatic rings. The van der Waals surface area contributed by atoms with E-state index in [2.05, 4.69) is 19.1 Å². The van der Waals surface area contributed by atoms with E-state index >= 15 is 0 Å². The predicted octanol–water partition coefficient (Wildman–Crippen LogP) is 7.47. The van der Waals surface area contributed by atoms with Crippen LogP contribution in [0.25, 0.3) is 6.08 Å². The van der Waals surface area contributed by atoms with Crippen molar-refractivity contribution >= 4 is 17.5 Å². The Kier molecular flexibility index (Phi) is 9.11. The van der Waals surface area contributed by atoms with Crippen LogP contribution in [0.2, 0.25) is 0 Å². The second-order valence-corrected chi connectivity index (χ2v) is 9.22. The minimum atomic E-state index is 0.432. The summed E-state index contributed by atoms with van der Waals surface area (Å²) in [5.41, 5.74) is 15.1. The monoisotopic (exact) mass is 488 g/mol. The molecule has 0 saturated heterocycles. The smallest absolute Gasteiger partial charge is 0.178 e. The zero-order valence-corrected chi connectivity index (χ0v) is 20.9. The lowest BCUT2D eigenvalue weighted by atomic mass is 9.83. The first-order valence-corrected chi connectivity index (χ1v) is 12.7. The van der Waals surface area contributed by atoms with Crippen LogP contribution < -0.4 is 21.1 Å². The molecule has 0 amide bonds. The van der Waals surface area contributed by atoms with Crippen LogP contribution >= 0.6 is 0 Å². The molecule has 0 heterocycles. The molecule has 6 heteroatoms. The van der Waals surface area contributed by atoms with Gasteiger partial charge in [0.15, 0.2) is 5.75 Å². The maximum atomic E-state index is 5.99. The molecule has 0 aliphatic heterocycles. The summed E-state index contributed by atoms with van der Waals surface area (Å²) in [6.07, 6.45) is 10.7. The Morgan fingerprint density at radius 1 is 0.861 bits per heavy atom. The lowest BCUT2D eigenvalue weighted by Crippen LogP contribution is -2.21. The highest BCUT2D eigenvalue weighted by Crippen LogP contribution is 2.35. The first-order chi connectivity index (χ1) is 17.6. The Morgan fingerprint density at radius 3 is 2.28 bits per heavy atom. The van der Waals surface area contributed by atoms with Crippen LogP contribution in [0.15, 0.2) is 73.0 Å². The van der Waals surface area contributed by atoms with Crippen LogP contribution in [0.3, 0.4) is 0 Å². The molecule has 4 N–H and O–H groups in total. The number of hydrogen-bond donors (Lipinski definition) is 2. The number of hydrogen-bond acceptors (Lipinski definition) is 6. The van der Waals surface area contributed by atoms with Gasteiger partial charge in [0, 0.05) is 12.3 Å². The van der Waals surface area contributed by atoms with E-state index in [0.29, 0.717) is 40.6 Å². The van der Waals surface area contributed by atoms with Gasteiger partial charge in [-0.25, -0.2) is 0 Å². The molecule has 0 radical (unpaired) electrons. The molecule has 36 heavy (non-hydrogen) atoms. The summed E-state index contributed by atoms with van der Waals surface area (Å²) in [4.78, 5) is 10.7. The van der Waals surface area contributed by atoms with E-state index in [0.717, 1.165) is 31.4 Å². The summed E-state index contributed by atoms with van der Waals surface area (Å²) in [5.74, 6) is 2.51. The number of nitrogens with two attached hydrogens (primary N) is 2. The molecule has 4 rings (SSSR count). The van der Waals surface area contributed by atoms with E-state index < -0.39 is 0 Å². The van der Waals surface area contributed by atoms with Crippen molar-refractivity contribution in [3.63, 3.8) is 0 Å². The third kappa shape index (κ3) is 7.43. The third-order valence-electron chi connectivity index (χ3n) is 6.48. The summed E-state index contributed by atoms with van der Waals surface area (Å²) in [6.45, 7) is 3.09. The molecular weight excluding hydrogens is 452 g/mol. The van der Waals surface area contributed by atoms with Gasteiger partial charge in [-0.15, -0.1) is 0 Å². The SMILES string of the molecule is CCCCOC1CCC(c2ccc(OO/C=C/c3ccc(Oc4ccc(N)cc4N)cc3)cc2)CC1. The average Bonchev–Trinajstić information content (AvgIpc) is 2.90. The van der Waals surface area contributed by atoms with E-state index in [4.69, 9.17) is 30.7 Å². The first kappa shape index (κ1) is 25.5. The summed E-state index contributed by atoms with van der Waals surface area (Å²) in [5, 5.41) is 0. The minimum absolute atomic E-state index is 0.432. The minimum Gasteiger partial charge on any atom is -0.455 e. The van der Waals surface area contributed by atoms with Crippen molar-refractivity contribution in [3.05, 3.63) is 84.1 Å². The molecule has 1 saturated carbocycles. The summed E-state index contributed by atoms with van der Waals surface area (Å²) >= 11 is 0. The lowest BCUT2D eigenvalue weighted by Gasteiger charge is -2.29. The van der Waals surface area contributed by atoms with Gasteiger partial charge in [0.2, 0.25) is 0 Å². The van der Waals surface area contributed by atoms with Crippen molar-refractivity contribution in [1.82, 2.24) is 0 Å². The normalized spacial score (nSPS) is 17.7. The zero-order chi connectivity index (χ0) is 25.2. The molecule has 1 aliphatic carbocycles. The fraction of sp³-hybridized carbons (Fsp3) is 0.333. The molecule has 3 aromatic carbocycles. The maximum absolute atomic E-state index is 5.99. The van der Waals surface area contributed by atoms with Gasteiger partial charge in [0.05, 0.1) is 11.8 Å².